The van der Waals surface area contributed by atoms with Crippen LogP contribution in [0.2, 0.25) is 0 Å². The van der Waals surface area contributed by atoms with Gasteiger partial charge in [0.05, 0.1) is 11.3 Å². The summed E-state index contributed by atoms with van der Waals surface area (Å²) < 4.78 is 26.6. The number of benzene rings is 1. The molecule has 1 aromatic rings. The molecule has 0 heterocycles. The molecule has 0 saturated heterocycles. The fraction of sp³-hybridized carbons (Fsp3) is 0.385. The summed E-state index contributed by atoms with van der Waals surface area (Å²) in [5.41, 5.74) is -1.02. The van der Waals surface area contributed by atoms with Crippen molar-refractivity contribution in [2.75, 3.05) is 5.32 Å². The van der Waals surface area contributed by atoms with E-state index < -0.39 is 29.1 Å². The highest BCUT2D eigenvalue weighted by atomic mass is 19.1. The molecule has 0 fully saturated rings. The van der Waals surface area contributed by atoms with Crippen LogP contribution in [0.5, 0.6) is 0 Å². The number of carboxylic acids is 1. The summed E-state index contributed by atoms with van der Waals surface area (Å²) in [6, 6.07) is 1.22. The largest absolute Gasteiger partial charge is 0.478 e. The maximum absolute atomic E-state index is 13.5. The topological polar surface area (TPSA) is 66.4 Å². The van der Waals surface area contributed by atoms with Crippen LogP contribution < -0.4 is 5.32 Å². The lowest BCUT2D eigenvalue weighted by Crippen LogP contribution is -2.25. The monoisotopic (exact) mass is 271 g/mol. The summed E-state index contributed by atoms with van der Waals surface area (Å²) in [5, 5.41) is 11.0. The predicted octanol–water partition coefficient (Wildman–Crippen LogP) is 2.89. The first kappa shape index (κ1) is 15.1. The molecule has 1 aromatic carbocycles. The van der Waals surface area contributed by atoms with Gasteiger partial charge in [0.25, 0.3) is 0 Å². The summed E-state index contributed by atoms with van der Waals surface area (Å²) in [4.78, 5) is 22.5. The first-order valence-corrected chi connectivity index (χ1v) is 5.77. The van der Waals surface area contributed by atoms with Crippen LogP contribution in [-0.2, 0) is 4.79 Å². The number of rotatable bonds is 4. The number of carbonyl (C=O) groups is 2. The van der Waals surface area contributed by atoms with Crippen molar-refractivity contribution in [1.29, 1.82) is 0 Å². The summed E-state index contributed by atoms with van der Waals surface area (Å²) in [6.07, 6.45) is 0. The van der Waals surface area contributed by atoms with Crippen LogP contribution in [-0.4, -0.2) is 17.0 Å². The van der Waals surface area contributed by atoms with E-state index in [4.69, 9.17) is 5.11 Å². The Morgan fingerprint density at radius 2 is 1.74 bits per heavy atom. The van der Waals surface area contributed by atoms with E-state index in [0.29, 0.717) is 6.07 Å². The summed E-state index contributed by atoms with van der Waals surface area (Å²) in [7, 11) is 0. The van der Waals surface area contributed by atoms with Gasteiger partial charge in [-0.25, -0.2) is 13.6 Å². The van der Waals surface area contributed by atoms with Crippen molar-refractivity contribution in [2.45, 2.75) is 20.8 Å². The first-order chi connectivity index (χ1) is 8.73. The van der Waals surface area contributed by atoms with E-state index >= 15 is 0 Å². The maximum Gasteiger partial charge on any atom is 0.338 e. The Bertz CT molecular complexity index is 515. The molecular formula is C13H15F2NO3. The molecule has 0 spiro atoms. The average Bonchev–Trinajstić information content (AvgIpc) is 2.30. The lowest BCUT2D eigenvalue weighted by atomic mass is 9.97. The van der Waals surface area contributed by atoms with Crippen molar-refractivity contribution in [2.24, 2.45) is 11.8 Å². The van der Waals surface area contributed by atoms with Crippen molar-refractivity contribution in [3.05, 3.63) is 29.3 Å². The van der Waals surface area contributed by atoms with Gasteiger partial charge in [-0.3, -0.25) is 4.79 Å². The lowest BCUT2D eigenvalue weighted by molar-refractivity contribution is -0.120. The van der Waals surface area contributed by atoms with Crippen LogP contribution in [0.15, 0.2) is 12.1 Å². The third kappa shape index (κ3) is 3.49. The molecule has 1 atom stereocenters. The van der Waals surface area contributed by atoms with Gasteiger partial charge < -0.3 is 10.4 Å². The number of halogens is 2. The lowest BCUT2D eigenvalue weighted by Gasteiger charge is -2.16. The van der Waals surface area contributed by atoms with Crippen LogP contribution in [0.4, 0.5) is 14.5 Å². The Morgan fingerprint density at radius 1 is 1.16 bits per heavy atom. The highest BCUT2D eigenvalue weighted by Crippen LogP contribution is 2.21. The predicted molar refractivity (Wildman–Crippen MR) is 65.9 cm³/mol. The molecule has 0 aromatic heterocycles. The summed E-state index contributed by atoms with van der Waals surface area (Å²) >= 11 is 0. The van der Waals surface area contributed by atoms with Crippen molar-refractivity contribution in [1.82, 2.24) is 0 Å². The molecule has 4 nitrogen and oxygen atoms in total. The van der Waals surface area contributed by atoms with E-state index in [1.807, 2.05) is 13.8 Å². The highest BCUT2D eigenvalue weighted by Gasteiger charge is 2.20. The van der Waals surface area contributed by atoms with Crippen LogP contribution in [0, 0.1) is 23.5 Å². The van der Waals surface area contributed by atoms with Gasteiger partial charge in [0.15, 0.2) is 0 Å². The standard InChI is InChI=1S/C13H15F2NO3/c1-6(2)7(3)12(17)16-11-4-8(13(18)19)9(14)5-10(11)15/h4-7H,1-3H3,(H,16,17)(H,18,19). The number of aromatic carboxylic acids is 1. The van der Waals surface area contributed by atoms with Crippen LogP contribution in [0.1, 0.15) is 31.1 Å². The van der Waals surface area contributed by atoms with E-state index in [1.54, 1.807) is 6.92 Å². The van der Waals surface area contributed by atoms with E-state index in [-0.39, 0.29) is 17.5 Å². The van der Waals surface area contributed by atoms with Gasteiger partial charge in [0.1, 0.15) is 11.6 Å². The normalized spacial score (nSPS) is 12.3. The average molecular weight is 271 g/mol. The van der Waals surface area contributed by atoms with Crippen molar-refractivity contribution < 1.29 is 23.5 Å². The van der Waals surface area contributed by atoms with Gasteiger partial charge in [0, 0.05) is 12.0 Å². The number of hydrogen-bond acceptors (Lipinski definition) is 2. The zero-order chi connectivity index (χ0) is 14.7. The third-order valence-corrected chi connectivity index (χ3v) is 2.96. The van der Waals surface area contributed by atoms with Crippen molar-refractivity contribution in [3.63, 3.8) is 0 Å². The fourth-order valence-electron chi connectivity index (χ4n) is 1.36. The first-order valence-electron chi connectivity index (χ1n) is 5.77. The van der Waals surface area contributed by atoms with Crippen LogP contribution in [0.3, 0.4) is 0 Å². The molecule has 6 heteroatoms. The van der Waals surface area contributed by atoms with Crippen molar-refractivity contribution in [3.8, 4) is 0 Å². The molecule has 0 aliphatic heterocycles. The van der Waals surface area contributed by atoms with E-state index in [0.717, 1.165) is 6.07 Å². The maximum atomic E-state index is 13.5. The minimum atomic E-state index is -1.52. The molecule has 104 valence electrons. The third-order valence-electron chi connectivity index (χ3n) is 2.96. The number of anilines is 1. The minimum Gasteiger partial charge on any atom is -0.478 e. The molecule has 0 aliphatic carbocycles. The Labute approximate surface area is 109 Å². The molecule has 0 radical (unpaired) electrons. The quantitative estimate of drug-likeness (QED) is 0.884. The smallest absolute Gasteiger partial charge is 0.338 e. The summed E-state index contributed by atoms with van der Waals surface area (Å²) in [5.74, 6) is -4.49. The minimum absolute atomic E-state index is 0.0439. The number of amides is 1. The van der Waals surface area contributed by atoms with Gasteiger partial charge in [0.2, 0.25) is 5.91 Å². The second kappa shape index (κ2) is 5.77. The number of hydrogen-bond donors (Lipinski definition) is 2. The molecule has 19 heavy (non-hydrogen) atoms. The SMILES string of the molecule is CC(C)C(C)C(=O)Nc1cc(C(=O)O)c(F)cc1F. The Hall–Kier alpha value is -1.98. The summed E-state index contributed by atoms with van der Waals surface area (Å²) in [6.45, 7) is 5.32. The Morgan fingerprint density at radius 3 is 2.21 bits per heavy atom. The van der Waals surface area contributed by atoms with Crippen LogP contribution >= 0.6 is 0 Å². The molecule has 0 aliphatic rings. The molecule has 2 N–H and O–H groups in total. The Kier molecular flexibility index (Phi) is 4.58. The molecule has 1 unspecified atom stereocenters. The second-order valence-corrected chi connectivity index (χ2v) is 4.64. The Balaban J connectivity index is 3.05. The number of carboxylic acid groups (broad SMARTS) is 1. The van der Waals surface area contributed by atoms with Gasteiger partial charge in [-0.1, -0.05) is 20.8 Å². The zero-order valence-corrected chi connectivity index (χ0v) is 10.8. The molecule has 0 bridgehead atoms. The zero-order valence-electron chi connectivity index (χ0n) is 10.8. The number of carbonyl (C=O) groups excluding carboxylic acids is 1. The van der Waals surface area contributed by atoms with E-state index in [1.165, 1.54) is 0 Å². The highest BCUT2D eigenvalue weighted by molar-refractivity contribution is 5.95. The van der Waals surface area contributed by atoms with Crippen LogP contribution in [0.25, 0.3) is 0 Å². The van der Waals surface area contributed by atoms with Gasteiger partial charge >= 0.3 is 5.97 Å². The number of nitrogens with one attached hydrogen (secondary N) is 1. The molecule has 1 rings (SSSR count). The van der Waals surface area contributed by atoms with E-state index in [9.17, 15) is 18.4 Å². The van der Waals surface area contributed by atoms with Crippen molar-refractivity contribution >= 4 is 17.6 Å². The molecular weight excluding hydrogens is 256 g/mol. The van der Waals surface area contributed by atoms with Gasteiger partial charge in [-0.2, -0.15) is 0 Å². The second-order valence-electron chi connectivity index (χ2n) is 4.64. The fourth-order valence-corrected chi connectivity index (χ4v) is 1.36. The molecule has 0 saturated carbocycles. The molecule has 1 amide bonds. The van der Waals surface area contributed by atoms with Gasteiger partial charge in [-0.15, -0.1) is 0 Å². The van der Waals surface area contributed by atoms with Gasteiger partial charge in [-0.05, 0) is 12.0 Å². The van der Waals surface area contributed by atoms with E-state index in [2.05, 4.69) is 5.32 Å².